The first-order valence-electron chi connectivity index (χ1n) is 10.1. The lowest BCUT2D eigenvalue weighted by Gasteiger charge is -2.14. The molecule has 6 heteroatoms. The standard InChI is InChI=1S/C26H25NO5/c1-15-6-8-16(9-7-15)24-23(19-11-10-18(29-2)14-20(19)27-24)25(28)17-12-21(30-3)26(32-5)22(13-17)31-4/h6-14,27H,1-5H3. The summed E-state index contributed by atoms with van der Waals surface area (Å²) < 4.78 is 21.7. The van der Waals surface area contributed by atoms with Gasteiger partial charge in [0.2, 0.25) is 5.75 Å². The van der Waals surface area contributed by atoms with Crippen LogP contribution in [0.2, 0.25) is 0 Å². The third-order valence-corrected chi connectivity index (χ3v) is 5.50. The van der Waals surface area contributed by atoms with Crippen LogP contribution in [-0.4, -0.2) is 39.2 Å². The van der Waals surface area contributed by atoms with E-state index in [9.17, 15) is 4.79 Å². The molecule has 164 valence electrons. The van der Waals surface area contributed by atoms with Crippen molar-refractivity contribution < 1.29 is 23.7 Å². The fourth-order valence-corrected chi connectivity index (χ4v) is 3.83. The number of aromatic amines is 1. The predicted octanol–water partition coefficient (Wildman–Crippen LogP) is 5.41. The lowest BCUT2D eigenvalue weighted by Crippen LogP contribution is -2.05. The Morgan fingerprint density at radius 2 is 1.44 bits per heavy atom. The third kappa shape index (κ3) is 3.64. The molecular weight excluding hydrogens is 406 g/mol. The van der Waals surface area contributed by atoms with E-state index >= 15 is 0 Å². The summed E-state index contributed by atoms with van der Waals surface area (Å²) in [5.41, 5.74) is 4.62. The third-order valence-electron chi connectivity index (χ3n) is 5.50. The van der Waals surface area contributed by atoms with Gasteiger partial charge >= 0.3 is 0 Å². The van der Waals surface area contributed by atoms with E-state index in [1.54, 1.807) is 19.2 Å². The zero-order valence-corrected chi connectivity index (χ0v) is 18.7. The van der Waals surface area contributed by atoms with E-state index in [1.165, 1.54) is 21.3 Å². The second-order valence-corrected chi connectivity index (χ2v) is 7.40. The molecule has 0 spiro atoms. The first kappa shape index (κ1) is 21.3. The van der Waals surface area contributed by atoms with Gasteiger partial charge in [0, 0.05) is 17.0 Å². The van der Waals surface area contributed by atoms with Crippen molar-refractivity contribution in [1.82, 2.24) is 4.98 Å². The van der Waals surface area contributed by atoms with Gasteiger partial charge in [-0.25, -0.2) is 0 Å². The fraction of sp³-hybridized carbons (Fsp3) is 0.192. The van der Waals surface area contributed by atoms with Crippen LogP contribution in [0, 0.1) is 6.92 Å². The van der Waals surface area contributed by atoms with Crippen LogP contribution in [-0.2, 0) is 0 Å². The van der Waals surface area contributed by atoms with Crippen LogP contribution in [0.4, 0.5) is 0 Å². The maximum atomic E-state index is 13.9. The molecule has 1 heterocycles. The van der Waals surface area contributed by atoms with E-state index in [4.69, 9.17) is 18.9 Å². The summed E-state index contributed by atoms with van der Waals surface area (Å²) in [6.07, 6.45) is 0. The van der Waals surface area contributed by atoms with Crippen LogP contribution in [0.1, 0.15) is 21.5 Å². The summed E-state index contributed by atoms with van der Waals surface area (Å²) in [4.78, 5) is 17.3. The van der Waals surface area contributed by atoms with Gasteiger partial charge < -0.3 is 23.9 Å². The van der Waals surface area contributed by atoms with E-state index in [1.807, 2.05) is 49.4 Å². The van der Waals surface area contributed by atoms with Gasteiger partial charge in [-0.15, -0.1) is 0 Å². The van der Waals surface area contributed by atoms with Gasteiger partial charge in [-0.3, -0.25) is 4.79 Å². The van der Waals surface area contributed by atoms with Crippen molar-refractivity contribution in [3.63, 3.8) is 0 Å². The number of ketones is 1. The quantitative estimate of drug-likeness (QED) is 0.396. The number of carbonyl (C=O) groups is 1. The highest BCUT2D eigenvalue weighted by atomic mass is 16.5. The summed E-state index contributed by atoms with van der Waals surface area (Å²) in [6, 6.07) is 17.0. The van der Waals surface area contributed by atoms with Gasteiger partial charge in [-0.1, -0.05) is 29.8 Å². The van der Waals surface area contributed by atoms with E-state index in [0.717, 1.165) is 27.7 Å². The number of benzene rings is 3. The number of H-pyrrole nitrogens is 1. The number of methoxy groups -OCH3 is 4. The predicted molar refractivity (Wildman–Crippen MR) is 125 cm³/mol. The number of hydrogen-bond acceptors (Lipinski definition) is 5. The highest BCUT2D eigenvalue weighted by Crippen LogP contribution is 2.40. The molecule has 32 heavy (non-hydrogen) atoms. The summed E-state index contributed by atoms with van der Waals surface area (Å²) in [6.45, 7) is 2.03. The lowest BCUT2D eigenvalue weighted by molar-refractivity contribution is 0.104. The minimum absolute atomic E-state index is 0.156. The van der Waals surface area contributed by atoms with Crippen LogP contribution in [0.25, 0.3) is 22.2 Å². The molecule has 0 saturated heterocycles. The van der Waals surface area contributed by atoms with Gasteiger partial charge in [0.05, 0.1) is 45.2 Å². The number of rotatable bonds is 7. The van der Waals surface area contributed by atoms with Crippen molar-refractivity contribution in [3.8, 4) is 34.3 Å². The van der Waals surface area contributed by atoms with Gasteiger partial charge in [0.1, 0.15) is 5.75 Å². The number of carbonyl (C=O) groups excluding carboxylic acids is 1. The molecule has 0 saturated carbocycles. The van der Waals surface area contributed by atoms with E-state index in [-0.39, 0.29) is 5.78 Å². The van der Waals surface area contributed by atoms with Gasteiger partial charge in [-0.2, -0.15) is 0 Å². The monoisotopic (exact) mass is 431 g/mol. The van der Waals surface area contributed by atoms with Crippen LogP contribution in [0.15, 0.2) is 54.6 Å². The molecule has 3 aromatic carbocycles. The maximum absolute atomic E-state index is 13.9. The number of ether oxygens (including phenoxy) is 4. The van der Waals surface area contributed by atoms with E-state index in [2.05, 4.69) is 4.98 Å². The molecule has 6 nitrogen and oxygen atoms in total. The molecular formula is C26H25NO5. The molecule has 0 radical (unpaired) electrons. The highest BCUT2D eigenvalue weighted by Gasteiger charge is 2.24. The Balaban J connectivity index is 1.96. The minimum atomic E-state index is -0.156. The Bertz CT molecular complexity index is 1260. The number of fused-ring (bicyclic) bond motifs is 1. The van der Waals surface area contributed by atoms with E-state index < -0.39 is 0 Å². The first-order chi connectivity index (χ1) is 15.5. The summed E-state index contributed by atoms with van der Waals surface area (Å²) in [5.74, 6) is 1.84. The number of hydrogen-bond donors (Lipinski definition) is 1. The number of nitrogens with one attached hydrogen (secondary N) is 1. The summed E-state index contributed by atoms with van der Waals surface area (Å²) in [7, 11) is 6.21. The number of aromatic nitrogens is 1. The zero-order chi connectivity index (χ0) is 22.8. The lowest BCUT2D eigenvalue weighted by atomic mass is 9.96. The molecule has 0 aliphatic carbocycles. The average molecular weight is 431 g/mol. The molecule has 0 atom stereocenters. The summed E-state index contributed by atoms with van der Waals surface area (Å²) in [5, 5.41) is 0.806. The molecule has 1 N–H and O–H groups in total. The Morgan fingerprint density at radius 3 is 2.00 bits per heavy atom. The van der Waals surface area contributed by atoms with Gasteiger partial charge in [0.25, 0.3) is 0 Å². The van der Waals surface area contributed by atoms with Crippen LogP contribution in [0.3, 0.4) is 0 Å². The van der Waals surface area contributed by atoms with Gasteiger partial charge in [-0.05, 0) is 36.8 Å². The Kier molecular flexibility index (Phi) is 5.77. The highest BCUT2D eigenvalue weighted by molar-refractivity contribution is 6.20. The maximum Gasteiger partial charge on any atom is 0.203 e. The van der Waals surface area contributed by atoms with Crippen molar-refractivity contribution in [2.45, 2.75) is 6.92 Å². The molecule has 0 bridgehead atoms. The summed E-state index contributed by atoms with van der Waals surface area (Å²) >= 11 is 0. The molecule has 4 rings (SSSR count). The molecule has 4 aromatic rings. The Hall–Kier alpha value is -3.93. The second kappa shape index (κ2) is 8.67. The second-order valence-electron chi connectivity index (χ2n) is 7.40. The molecule has 0 aliphatic heterocycles. The van der Waals surface area contributed by atoms with Crippen molar-refractivity contribution in [3.05, 3.63) is 71.3 Å². The van der Waals surface area contributed by atoms with Crippen molar-refractivity contribution in [2.24, 2.45) is 0 Å². The average Bonchev–Trinajstić information content (AvgIpc) is 3.21. The van der Waals surface area contributed by atoms with Crippen LogP contribution in [0.5, 0.6) is 23.0 Å². The van der Waals surface area contributed by atoms with Crippen molar-refractivity contribution >= 4 is 16.7 Å². The molecule has 0 aliphatic rings. The minimum Gasteiger partial charge on any atom is -0.497 e. The Morgan fingerprint density at radius 1 is 0.781 bits per heavy atom. The number of aryl methyl sites for hydroxylation is 1. The fourth-order valence-electron chi connectivity index (χ4n) is 3.83. The van der Waals surface area contributed by atoms with E-state index in [0.29, 0.717) is 34.1 Å². The largest absolute Gasteiger partial charge is 0.497 e. The normalized spacial score (nSPS) is 10.8. The molecule has 0 fully saturated rings. The smallest absolute Gasteiger partial charge is 0.203 e. The zero-order valence-electron chi connectivity index (χ0n) is 18.7. The molecule has 1 aromatic heterocycles. The van der Waals surface area contributed by atoms with Gasteiger partial charge in [0.15, 0.2) is 17.3 Å². The SMILES string of the molecule is COc1ccc2c(C(=O)c3cc(OC)c(OC)c(OC)c3)c(-c3ccc(C)cc3)[nH]c2c1. The first-order valence-corrected chi connectivity index (χ1v) is 10.1. The topological polar surface area (TPSA) is 69.8 Å². The molecule has 0 unspecified atom stereocenters. The van der Waals surface area contributed by atoms with Crippen molar-refractivity contribution in [1.29, 1.82) is 0 Å². The van der Waals surface area contributed by atoms with Crippen LogP contribution < -0.4 is 18.9 Å². The Labute approximate surface area is 186 Å². The van der Waals surface area contributed by atoms with Crippen molar-refractivity contribution in [2.75, 3.05) is 28.4 Å². The molecule has 0 amide bonds. The van der Waals surface area contributed by atoms with Crippen LogP contribution >= 0.6 is 0 Å².